The molecule has 0 aliphatic carbocycles. The van der Waals surface area contributed by atoms with Crippen LogP contribution in [0, 0.1) is 24.2 Å². The molecular weight excluding hydrogens is 144 g/mol. The Morgan fingerprint density at radius 1 is 0.917 bits per heavy atom. The van der Waals surface area contributed by atoms with E-state index in [0.717, 1.165) is 25.7 Å². The number of hydrogen-bond acceptors (Lipinski definition) is 0. The molecule has 0 aromatic heterocycles. The smallest absolute Gasteiger partial charge is 0.00886 e. The van der Waals surface area contributed by atoms with Crippen molar-refractivity contribution in [2.75, 3.05) is 0 Å². The summed E-state index contributed by atoms with van der Waals surface area (Å²) in [5.41, 5.74) is 0. The van der Waals surface area contributed by atoms with Gasteiger partial charge in [0.2, 0.25) is 0 Å². The molecule has 0 atom stereocenters. The van der Waals surface area contributed by atoms with E-state index in [2.05, 4.69) is 24.7 Å². The number of terminal acetylenes is 1. The van der Waals surface area contributed by atoms with Gasteiger partial charge in [-0.15, -0.1) is 24.2 Å². The van der Waals surface area contributed by atoms with Crippen LogP contribution >= 0.6 is 0 Å². The molecule has 0 aliphatic rings. The predicted molar refractivity (Wildman–Crippen MR) is 54.6 cm³/mol. The third-order valence-electron chi connectivity index (χ3n) is 1.62. The molecule has 0 amide bonds. The monoisotopic (exact) mass is 162 g/mol. The van der Waals surface area contributed by atoms with Crippen LogP contribution < -0.4 is 0 Å². The van der Waals surface area contributed by atoms with Crippen LogP contribution in [0.4, 0.5) is 0 Å². The molecule has 0 fully saturated rings. The van der Waals surface area contributed by atoms with Gasteiger partial charge in [0.25, 0.3) is 0 Å². The van der Waals surface area contributed by atoms with E-state index in [0.29, 0.717) is 0 Å². The molecule has 0 N–H and O–H groups in total. The van der Waals surface area contributed by atoms with Crippen molar-refractivity contribution in [2.24, 2.45) is 0 Å². The van der Waals surface area contributed by atoms with Gasteiger partial charge in [0.15, 0.2) is 0 Å². The summed E-state index contributed by atoms with van der Waals surface area (Å²) in [6, 6.07) is 0. The summed E-state index contributed by atoms with van der Waals surface area (Å²) in [6.45, 7) is 2.15. The Morgan fingerprint density at radius 2 is 1.58 bits per heavy atom. The van der Waals surface area contributed by atoms with Gasteiger partial charge in [-0.3, -0.25) is 0 Å². The lowest BCUT2D eigenvalue weighted by atomic mass is 10.1. The fraction of sp³-hybridized carbons (Fsp3) is 0.667. The molecule has 0 bridgehead atoms. The molecule has 0 spiro atoms. The van der Waals surface area contributed by atoms with Crippen LogP contribution in [0.25, 0.3) is 0 Å². The Morgan fingerprint density at radius 3 is 2.25 bits per heavy atom. The fourth-order valence-corrected chi connectivity index (χ4v) is 0.919. The second kappa shape index (κ2) is 10.1. The fourth-order valence-electron chi connectivity index (χ4n) is 0.919. The summed E-state index contributed by atoms with van der Waals surface area (Å²) in [5, 5.41) is 0. The van der Waals surface area contributed by atoms with Crippen LogP contribution in [0.3, 0.4) is 0 Å². The van der Waals surface area contributed by atoms with E-state index in [-0.39, 0.29) is 0 Å². The van der Waals surface area contributed by atoms with Crippen molar-refractivity contribution in [2.45, 2.75) is 51.9 Å². The molecule has 66 valence electrons. The van der Waals surface area contributed by atoms with Gasteiger partial charge in [0.1, 0.15) is 0 Å². The van der Waals surface area contributed by atoms with E-state index in [1.54, 1.807) is 0 Å². The highest BCUT2D eigenvalue weighted by Crippen LogP contribution is 2.01. The van der Waals surface area contributed by atoms with E-state index in [1.165, 1.54) is 19.3 Å². The van der Waals surface area contributed by atoms with E-state index < -0.39 is 0 Å². The average molecular weight is 162 g/mol. The van der Waals surface area contributed by atoms with Gasteiger partial charge in [-0.1, -0.05) is 13.3 Å². The first-order chi connectivity index (χ1) is 5.91. The van der Waals surface area contributed by atoms with Crippen LogP contribution in [0.5, 0.6) is 0 Å². The van der Waals surface area contributed by atoms with Gasteiger partial charge in [0, 0.05) is 19.3 Å². The first-order valence-electron chi connectivity index (χ1n) is 4.81. The number of rotatable bonds is 5. The van der Waals surface area contributed by atoms with Crippen LogP contribution in [0.1, 0.15) is 51.9 Å². The van der Waals surface area contributed by atoms with Crippen LogP contribution in [0.15, 0.2) is 0 Å². The van der Waals surface area contributed by atoms with Gasteiger partial charge < -0.3 is 0 Å². The Kier molecular flexibility index (Phi) is 9.38. The van der Waals surface area contributed by atoms with Crippen molar-refractivity contribution in [1.82, 2.24) is 0 Å². The number of hydrogen-bond donors (Lipinski definition) is 0. The lowest BCUT2D eigenvalue weighted by molar-refractivity contribution is 0.708. The van der Waals surface area contributed by atoms with Crippen molar-refractivity contribution in [3.05, 3.63) is 0 Å². The molecule has 0 radical (unpaired) electrons. The Labute approximate surface area is 76.8 Å². The second-order valence-corrected chi connectivity index (χ2v) is 2.87. The second-order valence-electron chi connectivity index (χ2n) is 2.87. The molecule has 0 rings (SSSR count). The minimum Gasteiger partial charge on any atom is -0.120 e. The molecular formula is C12H18. The molecule has 0 heterocycles. The molecule has 0 saturated heterocycles. The average Bonchev–Trinajstić information content (AvgIpc) is 2.10. The molecule has 0 aromatic carbocycles. The van der Waals surface area contributed by atoms with Gasteiger partial charge in [-0.2, -0.15) is 0 Å². The third-order valence-corrected chi connectivity index (χ3v) is 1.62. The van der Waals surface area contributed by atoms with Crippen molar-refractivity contribution in [3.8, 4) is 24.2 Å². The predicted octanol–water partition coefficient (Wildman–Crippen LogP) is 3.37. The van der Waals surface area contributed by atoms with E-state index in [1.807, 2.05) is 0 Å². The lowest BCUT2D eigenvalue weighted by Crippen LogP contribution is -1.75. The molecule has 0 aliphatic heterocycles. The van der Waals surface area contributed by atoms with Gasteiger partial charge in [-0.25, -0.2) is 0 Å². The standard InChI is InChI=1S/C12H18/c1-3-5-7-9-11-12-10-8-6-4-2/h1H,4-7,9,11-12H2,2H3. The maximum absolute atomic E-state index is 5.13. The van der Waals surface area contributed by atoms with Crippen molar-refractivity contribution in [1.29, 1.82) is 0 Å². The van der Waals surface area contributed by atoms with Gasteiger partial charge in [-0.05, 0) is 19.3 Å². The topological polar surface area (TPSA) is 0 Å². The number of unbranched alkanes of at least 4 members (excludes halogenated alkanes) is 5. The maximum atomic E-state index is 5.13. The van der Waals surface area contributed by atoms with E-state index in [9.17, 15) is 0 Å². The lowest BCUT2D eigenvalue weighted by Gasteiger charge is -1.91. The van der Waals surface area contributed by atoms with E-state index >= 15 is 0 Å². The zero-order valence-electron chi connectivity index (χ0n) is 8.03. The summed E-state index contributed by atoms with van der Waals surface area (Å²) in [4.78, 5) is 0. The Balaban J connectivity index is 3.02. The molecule has 0 saturated carbocycles. The molecule has 0 aromatic rings. The summed E-state index contributed by atoms with van der Waals surface area (Å²) >= 11 is 0. The van der Waals surface area contributed by atoms with Crippen LogP contribution in [-0.2, 0) is 0 Å². The molecule has 0 nitrogen and oxygen atoms in total. The SMILES string of the molecule is C#CCCCCCC#CCCC. The van der Waals surface area contributed by atoms with Gasteiger partial charge >= 0.3 is 0 Å². The molecule has 0 unspecified atom stereocenters. The Hall–Kier alpha value is -0.880. The van der Waals surface area contributed by atoms with E-state index in [4.69, 9.17) is 6.42 Å². The molecule has 12 heavy (non-hydrogen) atoms. The maximum Gasteiger partial charge on any atom is 0.00886 e. The first kappa shape index (κ1) is 11.1. The summed E-state index contributed by atoms with van der Waals surface area (Å²) < 4.78 is 0. The van der Waals surface area contributed by atoms with Crippen LogP contribution in [0.2, 0.25) is 0 Å². The summed E-state index contributed by atoms with van der Waals surface area (Å²) in [5.74, 6) is 8.94. The van der Waals surface area contributed by atoms with Crippen molar-refractivity contribution < 1.29 is 0 Å². The highest BCUT2D eigenvalue weighted by molar-refractivity contribution is 4.98. The quantitative estimate of drug-likeness (QED) is 0.429. The van der Waals surface area contributed by atoms with Gasteiger partial charge in [0.05, 0.1) is 0 Å². The van der Waals surface area contributed by atoms with Crippen molar-refractivity contribution >= 4 is 0 Å². The highest BCUT2D eigenvalue weighted by Gasteiger charge is 1.84. The first-order valence-corrected chi connectivity index (χ1v) is 4.81. The summed E-state index contributed by atoms with van der Waals surface area (Å²) in [6.07, 6.45) is 12.9. The zero-order chi connectivity index (χ0) is 9.07. The Bertz CT molecular complexity index is 172. The minimum atomic E-state index is 0.919. The highest BCUT2D eigenvalue weighted by atomic mass is 13.9. The van der Waals surface area contributed by atoms with Crippen molar-refractivity contribution in [3.63, 3.8) is 0 Å². The molecule has 0 heteroatoms. The normalized spacial score (nSPS) is 8.33. The largest absolute Gasteiger partial charge is 0.120 e. The third kappa shape index (κ3) is 9.12. The minimum absolute atomic E-state index is 0.919. The zero-order valence-corrected chi connectivity index (χ0v) is 8.03. The summed E-state index contributed by atoms with van der Waals surface area (Å²) in [7, 11) is 0. The van der Waals surface area contributed by atoms with Crippen LogP contribution in [-0.4, -0.2) is 0 Å².